The van der Waals surface area contributed by atoms with Crippen LogP contribution in [0.3, 0.4) is 0 Å². The van der Waals surface area contributed by atoms with Crippen molar-refractivity contribution in [3.63, 3.8) is 0 Å². The molecule has 0 aliphatic carbocycles. The van der Waals surface area contributed by atoms with Crippen molar-refractivity contribution in [2.75, 3.05) is 36.6 Å². The Morgan fingerprint density at radius 3 is 2.45 bits per heavy atom. The molecule has 3 rings (SSSR count). The van der Waals surface area contributed by atoms with Crippen LogP contribution in [0.5, 0.6) is 0 Å². The third kappa shape index (κ3) is 6.99. The van der Waals surface area contributed by atoms with Crippen molar-refractivity contribution >= 4 is 40.5 Å². The summed E-state index contributed by atoms with van der Waals surface area (Å²) in [5.74, 6) is -0.479. The van der Waals surface area contributed by atoms with E-state index in [1.165, 1.54) is 0 Å². The SMILES string of the molecule is CC.CNc1nc(N)c2nc(CN(C)c3ccc(C(=O)NCCCC(=O)O)cc3)cnc2n1. The molecule has 0 spiro atoms. The lowest BCUT2D eigenvalue weighted by atomic mass is 10.1. The molecule has 176 valence electrons. The molecule has 11 nitrogen and oxygen atoms in total. The summed E-state index contributed by atoms with van der Waals surface area (Å²) >= 11 is 0. The molecule has 5 N–H and O–H groups in total. The highest BCUT2D eigenvalue weighted by atomic mass is 16.4. The number of hydrogen-bond acceptors (Lipinski definition) is 9. The van der Waals surface area contributed by atoms with Crippen molar-refractivity contribution in [2.45, 2.75) is 33.2 Å². The van der Waals surface area contributed by atoms with E-state index in [9.17, 15) is 9.59 Å². The fourth-order valence-corrected chi connectivity index (χ4v) is 2.90. The van der Waals surface area contributed by atoms with E-state index >= 15 is 0 Å². The lowest BCUT2D eigenvalue weighted by Crippen LogP contribution is -2.25. The van der Waals surface area contributed by atoms with Gasteiger partial charge < -0.3 is 26.4 Å². The number of fused-ring (bicyclic) bond motifs is 1. The normalized spacial score (nSPS) is 10.2. The number of aliphatic carboxylic acids is 1. The van der Waals surface area contributed by atoms with E-state index in [0.717, 1.165) is 5.69 Å². The van der Waals surface area contributed by atoms with Crippen molar-refractivity contribution in [2.24, 2.45) is 0 Å². The van der Waals surface area contributed by atoms with E-state index in [-0.39, 0.29) is 18.1 Å². The summed E-state index contributed by atoms with van der Waals surface area (Å²) < 4.78 is 0. The zero-order valence-corrected chi connectivity index (χ0v) is 19.3. The average molecular weight is 455 g/mol. The smallest absolute Gasteiger partial charge is 0.303 e. The lowest BCUT2D eigenvalue weighted by Gasteiger charge is -2.19. The first-order chi connectivity index (χ1) is 15.9. The van der Waals surface area contributed by atoms with Gasteiger partial charge in [-0.2, -0.15) is 9.97 Å². The number of aromatic nitrogens is 4. The highest BCUT2D eigenvalue weighted by molar-refractivity contribution is 5.94. The minimum Gasteiger partial charge on any atom is -0.481 e. The van der Waals surface area contributed by atoms with E-state index in [1.807, 2.05) is 37.9 Å². The van der Waals surface area contributed by atoms with Crippen LogP contribution in [0, 0.1) is 0 Å². The van der Waals surface area contributed by atoms with Crippen molar-refractivity contribution in [1.82, 2.24) is 25.3 Å². The number of benzene rings is 1. The fourth-order valence-electron chi connectivity index (χ4n) is 2.90. The number of carboxylic acids is 1. The van der Waals surface area contributed by atoms with Crippen LogP contribution in [0.15, 0.2) is 30.5 Å². The molecule has 1 aromatic carbocycles. The van der Waals surface area contributed by atoms with Gasteiger partial charge in [0.2, 0.25) is 5.95 Å². The number of carbonyl (C=O) groups is 2. The molecule has 0 unspecified atom stereocenters. The summed E-state index contributed by atoms with van der Waals surface area (Å²) in [5, 5.41) is 14.2. The minimum absolute atomic E-state index is 0.0239. The Balaban J connectivity index is 0.00000187. The van der Waals surface area contributed by atoms with E-state index in [4.69, 9.17) is 10.8 Å². The highest BCUT2D eigenvalue weighted by Gasteiger charge is 2.11. The van der Waals surface area contributed by atoms with Gasteiger partial charge in [0.15, 0.2) is 17.0 Å². The van der Waals surface area contributed by atoms with Crippen molar-refractivity contribution in [3.8, 4) is 0 Å². The summed E-state index contributed by atoms with van der Waals surface area (Å²) in [6.07, 6.45) is 2.06. The molecule has 3 aromatic rings. The maximum Gasteiger partial charge on any atom is 0.303 e. The minimum atomic E-state index is -0.879. The van der Waals surface area contributed by atoms with E-state index in [2.05, 4.69) is 30.6 Å². The van der Waals surface area contributed by atoms with Crippen molar-refractivity contribution < 1.29 is 14.7 Å². The average Bonchev–Trinajstić information content (AvgIpc) is 2.83. The third-order valence-electron chi connectivity index (χ3n) is 4.53. The standard InChI is InChI=1S/C20H24N8O3.C2H6/c1-22-20-26-17(21)16-18(27-20)24-10-13(25-16)11-28(2)14-7-5-12(6-8-14)19(31)23-9-3-4-15(29)30;1-2/h5-8,10H,3-4,9,11H2,1-2H3,(H,23,31)(H,29,30)(H3,21,22,24,26,27);1-2H3. The molecule has 2 aromatic heterocycles. The molecular weight excluding hydrogens is 424 g/mol. The Morgan fingerprint density at radius 1 is 1.12 bits per heavy atom. The Bertz CT molecular complexity index is 1090. The lowest BCUT2D eigenvalue weighted by molar-refractivity contribution is -0.137. The second-order valence-electron chi connectivity index (χ2n) is 6.87. The van der Waals surface area contributed by atoms with Crippen LogP contribution in [0.4, 0.5) is 17.5 Å². The number of rotatable bonds is 9. The number of carboxylic acid groups (broad SMARTS) is 1. The van der Waals surface area contributed by atoms with Gasteiger partial charge in [0.05, 0.1) is 18.4 Å². The molecular formula is C22H30N8O3. The number of nitrogens with two attached hydrogens (primary N) is 1. The topological polar surface area (TPSA) is 159 Å². The first-order valence-electron chi connectivity index (χ1n) is 10.7. The monoisotopic (exact) mass is 454 g/mol. The van der Waals surface area contributed by atoms with Gasteiger partial charge in [0, 0.05) is 38.3 Å². The van der Waals surface area contributed by atoms with Gasteiger partial charge in [0.1, 0.15) is 0 Å². The number of nitrogens with one attached hydrogen (secondary N) is 2. The molecule has 0 atom stereocenters. The molecule has 33 heavy (non-hydrogen) atoms. The summed E-state index contributed by atoms with van der Waals surface area (Å²) in [7, 11) is 3.60. The number of hydrogen-bond donors (Lipinski definition) is 4. The Kier molecular flexibility index (Phi) is 9.28. The predicted octanol–water partition coefficient (Wildman–Crippen LogP) is 2.30. The van der Waals surface area contributed by atoms with Crippen LogP contribution in [-0.2, 0) is 11.3 Å². The van der Waals surface area contributed by atoms with Crippen LogP contribution in [0.1, 0.15) is 42.7 Å². The summed E-state index contributed by atoms with van der Waals surface area (Å²) in [5.41, 5.74) is 8.92. The predicted molar refractivity (Wildman–Crippen MR) is 128 cm³/mol. The molecule has 1 amide bonds. The Hall–Kier alpha value is -4.02. The number of nitrogens with zero attached hydrogens (tertiary/aromatic N) is 5. The van der Waals surface area contributed by atoms with E-state index < -0.39 is 5.97 Å². The first kappa shape index (κ1) is 25.2. The Morgan fingerprint density at radius 2 is 1.82 bits per heavy atom. The van der Waals surface area contributed by atoms with E-state index in [1.54, 1.807) is 25.4 Å². The summed E-state index contributed by atoms with van der Waals surface area (Å²) in [6, 6.07) is 7.10. The maximum atomic E-state index is 12.1. The molecule has 0 saturated carbocycles. The zero-order valence-electron chi connectivity index (χ0n) is 19.3. The molecule has 2 heterocycles. The molecule has 0 saturated heterocycles. The molecule has 0 bridgehead atoms. The quantitative estimate of drug-likeness (QED) is 0.353. The van der Waals surface area contributed by atoms with Crippen LogP contribution in [0.25, 0.3) is 11.2 Å². The van der Waals surface area contributed by atoms with E-state index in [0.29, 0.717) is 47.9 Å². The van der Waals surface area contributed by atoms with Gasteiger partial charge in [-0.25, -0.2) is 9.97 Å². The summed E-state index contributed by atoms with van der Waals surface area (Å²) in [6.45, 7) is 4.78. The van der Waals surface area contributed by atoms with Gasteiger partial charge >= 0.3 is 5.97 Å². The van der Waals surface area contributed by atoms with Gasteiger partial charge in [-0.15, -0.1) is 0 Å². The number of amides is 1. The molecule has 0 radical (unpaired) electrons. The van der Waals surface area contributed by atoms with Crippen LogP contribution in [-0.4, -0.2) is 57.6 Å². The summed E-state index contributed by atoms with van der Waals surface area (Å²) in [4.78, 5) is 41.8. The fraction of sp³-hybridized carbons (Fsp3) is 0.364. The van der Waals surface area contributed by atoms with Crippen LogP contribution in [0.2, 0.25) is 0 Å². The first-order valence-corrected chi connectivity index (χ1v) is 10.7. The Labute approximate surface area is 192 Å². The second kappa shape index (κ2) is 12.1. The highest BCUT2D eigenvalue weighted by Crippen LogP contribution is 2.19. The third-order valence-corrected chi connectivity index (χ3v) is 4.53. The van der Waals surface area contributed by atoms with Gasteiger partial charge in [-0.3, -0.25) is 9.59 Å². The molecule has 0 aliphatic heterocycles. The van der Waals surface area contributed by atoms with Gasteiger partial charge in [-0.1, -0.05) is 13.8 Å². The molecule has 11 heteroatoms. The zero-order chi connectivity index (χ0) is 24.4. The second-order valence-corrected chi connectivity index (χ2v) is 6.87. The maximum absolute atomic E-state index is 12.1. The number of anilines is 3. The van der Waals surface area contributed by atoms with Gasteiger partial charge in [-0.05, 0) is 30.7 Å². The van der Waals surface area contributed by atoms with Crippen LogP contribution < -0.4 is 21.3 Å². The molecule has 0 fully saturated rings. The number of nitrogen functional groups attached to an aromatic ring is 1. The number of carbonyl (C=O) groups excluding carboxylic acids is 1. The molecule has 0 aliphatic rings. The largest absolute Gasteiger partial charge is 0.481 e. The van der Waals surface area contributed by atoms with Crippen molar-refractivity contribution in [3.05, 3.63) is 41.7 Å². The van der Waals surface area contributed by atoms with Crippen LogP contribution >= 0.6 is 0 Å². The van der Waals surface area contributed by atoms with Gasteiger partial charge in [0.25, 0.3) is 5.91 Å². The van der Waals surface area contributed by atoms with Crippen molar-refractivity contribution in [1.29, 1.82) is 0 Å².